The van der Waals surface area contributed by atoms with Crippen LogP contribution in [0.3, 0.4) is 0 Å². The lowest BCUT2D eigenvalue weighted by molar-refractivity contribution is 0.829. The third-order valence-electron chi connectivity index (χ3n) is 4.17. The van der Waals surface area contributed by atoms with Gasteiger partial charge in [0.1, 0.15) is 0 Å². The monoisotopic (exact) mass is 265 g/mol. The summed E-state index contributed by atoms with van der Waals surface area (Å²) in [4.78, 5) is 0. The third kappa shape index (κ3) is 2.87. The van der Waals surface area contributed by atoms with E-state index in [1.54, 1.807) is 0 Å². The van der Waals surface area contributed by atoms with Gasteiger partial charge in [-0.15, -0.1) is 0 Å². The lowest BCUT2D eigenvalue weighted by atomic mass is 9.96. The molecule has 0 aliphatic carbocycles. The van der Waals surface area contributed by atoms with Crippen LogP contribution in [0.2, 0.25) is 0 Å². The van der Waals surface area contributed by atoms with E-state index >= 15 is 0 Å². The summed E-state index contributed by atoms with van der Waals surface area (Å²) in [5, 5.41) is 3.51. The van der Waals surface area contributed by atoms with Crippen LogP contribution in [0.4, 0.5) is 5.69 Å². The Kier molecular flexibility index (Phi) is 3.77. The van der Waals surface area contributed by atoms with Crippen molar-refractivity contribution in [1.29, 1.82) is 0 Å². The standard InChI is InChI=1S/C19H23N/c1-14(2)17-8-5-15(6-9-17)12-16-7-10-18-4-3-11-20-19(18)13-16/h5-10,13-14,20H,3-4,11-12H2,1-2H3. The lowest BCUT2D eigenvalue weighted by Gasteiger charge is -2.18. The highest BCUT2D eigenvalue weighted by Gasteiger charge is 2.09. The normalized spacial score (nSPS) is 13.9. The van der Waals surface area contributed by atoms with E-state index in [1.165, 1.54) is 40.8 Å². The van der Waals surface area contributed by atoms with Crippen molar-refractivity contribution in [3.8, 4) is 0 Å². The maximum atomic E-state index is 3.51. The molecule has 0 saturated heterocycles. The van der Waals surface area contributed by atoms with E-state index in [2.05, 4.69) is 61.6 Å². The highest BCUT2D eigenvalue weighted by molar-refractivity contribution is 5.55. The third-order valence-corrected chi connectivity index (χ3v) is 4.17. The van der Waals surface area contributed by atoms with Gasteiger partial charge < -0.3 is 5.32 Å². The second kappa shape index (κ2) is 5.70. The van der Waals surface area contributed by atoms with Gasteiger partial charge in [0, 0.05) is 12.2 Å². The zero-order valence-corrected chi connectivity index (χ0v) is 12.4. The van der Waals surface area contributed by atoms with Crippen LogP contribution in [0.25, 0.3) is 0 Å². The van der Waals surface area contributed by atoms with Crippen LogP contribution in [0.15, 0.2) is 42.5 Å². The Morgan fingerprint density at radius 2 is 1.75 bits per heavy atom. The Balaban J connectivity index is 1.77. The number of benzene rings is 2. The fourth-order valence-corrected chi connectivity index (χ4v) is 2.87. The maximum Gasteiger partial charge on any atom is 0.0375 e. The van der Waals surface area contributed by atoms with Gasteiger partial charge in [-0.25, -0.2) is 0 Å². The molecule has 3 rings (SSSR count). The Hall–Kier alpha value is -1.76. The molecule has 2 aromatic rings. The minimum atomic E-state index is 0.608. The average Bonchev–Trinajstić information content (AvgIpc) is 2.48. The molecule has 1 nitrogen and oxygen atoms in total. The molecule has 0 amide bonds. The van der Waals surface area contributed by atoms with Gasteiger partial charge in [-0.3, -0.25) is 0 Å². The van der Waals surface area contributed by atoms with Crippen molar-refractivity contribution in [3.63, 3.8) is 0 Å². The molecule has 2 aromatic carbocycles. The number of hydrogen-bond acceptors (Lipinski definition) is 1. The average molecular weight is 265 g/mol. The van der Waals surface area contributed by atoms with Crippen LogP contribution in [-0.2, 0) is 12.8 Å². The molecule has 20 heavy (non-hydrogen) atoms. The number of hydrogen-bond donors (Lipinski definition) is 1. The van der Waals surface area contributed by atoms with E-state index in [-0.39, 0.29) is 0 Å². The van der Waals surface area contributed by atoms with Gasteiger partial charge in [-0.05, 0) is 53.5 Å². The first-order valence-corrected chi connectivity index (χ1v) is 7.67. The Labute approximate surface area is 122 Å². The van der Waals surface area contributed by atoms with E-state index in [0.717, 1.165) is 13.0 Å². The number of rotatable bonds is 3. The molecular formula is C19H23N. The first kappa shape index (κ1) is 13.2. The number of anilines is 1. The van der Waals surface area contributed by atoms with Crippen molar-refractivity contribution in [1.82, 2.24) is 0 Å². The van der Waals surface area contributed by atoms with Crippen LogP contribution in [0, 0.1) is 0 Å². The summed E-state index contributed by atoms with van der Waals surface area (Å²) in [6.07, 6.45) is 3.49. The van der Waals surface area contributed by atoms with E-state index < -0.39 is 0 Å². The van der Waals surface area contributed by atoms with Crippen molar-refractivity contribution in [2.24, 2.45) is 0 Å². The Bertz CT molecular complexity index is 581. The molecule has 1 aliphatic heterocycles. The van der Waals surface area contributed by atoms with Crippen LogP contribution in [-0.4, -0.2) is 6.54 Å². The molecule has 1 heteroatoms. The molecule has 1 N–H and O–H groups in total. The molecule has 0 spiro atoms. The van der Waals surface area contributed by atoms with Crippen LogP contribution >= 0.6 is 0 Å². The number of aryl methyl sites for hydroxylation is 1. The maximum absolute atomic E-state index is 3.51. The predicted molar refractivity (Wildman–Crippen MR) is 86.6 cm³/mol. The predicted octanol–water partition coefficient (Wildman–Crippen LogP) is 4.76. The molecule has 0 bridgehead atoms. The molecule has 0 radical (unpaired) electrons. The molecule has 0 aromatic heterocycles. The van der Waals surface area contributed by atoms with Gasteiger partial charge in [0.15, 0.2) is 0 Å². The lowest BCUT2D eigenvalue weighted by Crippen LogP contribution is -2.11. The van der Waals surface area contributed by atoms with Crippen molar-refractivity contribution in [3.05, 3.63) is 64.7 Å². The summed E-state index contributed by atoms with van der Waals surface area (Å²) in [5.41, 5.74) is 7.02. The zero-order chi connectivity index (χ0) is 13.9. The molecule has 0 fully saturated rings. The molecule has 0 saturated carbocycles. The molecular weight excluding hydrogens is 242 g/mol. The molecule has 1 aliphatic rings. The molecule has 0 atom stereocenters. The summed E-state index contributed by atoms with van der Waals surface area (Å²) in [6.45, 7) is 5.59. The quantitative estimate of drug-likeness (QED) is 0.843. The van der Waals surface area contributed by atoms with E-state index in [4.69, 9.17) is 0 Å². The van der Waals surface area contributed by atoms with Gasteiger partial charge in [0.2, 0.25) is 0 Å². The van der Waals surface area contributed by atoms with Crippen molar-refractivity contribution in [2.75, 3.05) is 11.9 Å². The van der Waals surface area contributed by atoms with Gasteiger partial charge in [0.05, 0.1) is 0 Å². The zero-order valence-electron chi connectivity index (χ0n) is 12.4. The highest BCUT2D eigenvalue weighted by Crippen LogP contribution is 2.24. The van der Waals surface area contributed by atoms with Crippen LogP contribution in [0.5, 0.6) is 0 Å². The van der Waals surface area contributed by atoms with Gasteiger partial charge in [-0.1, -0.05) is 50.2 Å². The van der Waals surface area contributed by atoms with Crippen molar-refractivity contribution < 1.29 is 0 Å². The first-order chi connectivity index (χ1) is 9.72. The number of nitrogens with one attached hydrogen (secondary N) is 1. The van der Waals surface area contributed by atoms with Gasteiger partial charge >= 0.3 is 0 Å². The van der Waals surface area contributed by atoms with E-state index in [0.29, 0.717) is 5.92 Å². The highest BCUT2D eigenvalue weighted by atomic mass is 14.9. The fourth-order valence-electron chi connectivity index (χ4n) is 2.87. The number of fused-ring (bicyclic) bond motifs is 1. The summed E-state index contributed by atoms with van der Waals surface area (Å²) in [6, 6.07) is 15.9. The summed E-state index contributed by atoms with van der Waals surface area (Å²) in [5.74, 6) is 0.608. The SMILES string of the molecule is CC(C)c1ccc(Cc2ccc3c(c2)NCCC3)cc1. The summed E-state index contributed by atoms with van der Waals surface area (Å²) < 4.78 is 0. The molecule has 1 heterocycles. The van der Waals surface area contributed by atoms with Gasteiger partial charge in [0.25, 0.3) is 0 Å². The first-order valence-electron chi connectivity index (χ1n) is 7.67. The minimum absolute atomic E-state index is 0.608. The second-order valence-corrected chi connectivity index (χ2v) is 6.09. The summed E-state index contributed by atoms with van der Waals surface area (Å²) >= 11 is 0. The second-order valence-electron chi connectivity index (χ2n) is 6.09. The van der Waals surface area contributed by atoms with Crippen molar-refractivity contribution >= 4 is 5.69 Å². The van der Waals surface area contributed by atoms with Gasteiger partial charge in [-0.2, -0.15) is 0 Å². The Morgan fingerprint density at radius 1 is 1.00 bits per heavy atom. The Morgan fingerprint density at radius 3 is 2.50 bits per heavy atom. The topological polar surface area (TPSA) is 12.0 Å². The smallest absolute Gasteiger partial charge is 0.0375 e. The molecule has 0 unspecified atom stereocenters. The van der Waals surface area contributed by atoms with E-state index in [9.17, 15) is 0 Å². The largest absolute Gasteiger partial charge is 0.385 e. The van der Waals surface area contributed by atoms with Crippen LogP contribution < -0.4 is 5.32 Å². The molecule has 104 valence electrons. The van der Waals surface area contributed by atoms with E-state index in [1.807, 2.05) is 0 Å². The fraction of sp³-hybridized carbons (Fsp3) is 0.368. The summed E-state index contributed by atoms with van der Waals surface area (Å²) in [7, 11) is 0. The minimum Gasteiger partial charge on any atom is -0.385 e. The van der Waals surface area contributed by atoms with Crippen molar-refractivity contribution in [2.45, 2.75) is 39.0 Å². The van der Waals surface area contributed by atoms with Crippen LogP contribution in [0.1, 0.15) is 48.4 Å².